The van der Waals surface area contributed by atoms with E-state index in [-0.39, 0.29) is 12.7 Å². The maximum Gasteiger partial charge on any atom is 0.248 e. The van der Waals surface area contributed by atoms with E-state index in [1.165, 1.54) is 11.1 Å². The zero-order chi connectivity index (χ0) is 24.7. The minimum atomic E-state index is -0.247. The molecule has 5 rings (SSSR count). The first-order valence-electron chi connectivity index (χ1n) is 11.4. The van der Waals surface area contributed by atoms with E-state index in [4.69, 9.17) is 18.6 Å². The molecule has 178 valence electrons. The van der Waals surface area contributed by atoms with Gasteiger partial charge in [-0.1, -0.05) is 23.8 Å². The van der Waals surface area contributed by atoms with Gasteiger partial charge in [0.25, 0.3) is 0 Å². The number of rotatable bonds is 5. The number of ether oxygens (including phenoxy) is 3. The Morgan fingerprint density at radius 1 is 1.00 bits per heavy atom. The molecular formula is C29H27NO5. The Balaban J connectivity index is 1.53. The lowest BCUT2D eigenvalue weighted by Gasteiger charge is -2.14. The quantitative estimate of drug-likeness (QED) is 0.325. The van der Waals surface area contributed by atoms with Gasteiger partial charge in [0.15, 0.2) is 11.5 Å². The highest BCUT2D eigenvalue weighted by atomic mass is 16.7. The first-order valence-corrected chi connectivity index (χ1v) is 11.4. The first-order chi connectivity index (χ1) is 16.9. The Labute approximate surface area is 204 Å². The van der Waals surface area contributed by atoms with Gasteiger partial charge in [0.1, 0.15) is 11.3 Å². The lowest BCUT2D eigenvalue weighted by molar-refractivity contribution is -0.111. The van der Waals surface area contributed by atoms with Gasteiger partial charge in [0, 0.05) is 39.9 Å². The summed E-state index contributed by atoms with van der Waals surface area (Å²) < 4.78 is 22.5. The molecule has 0 saturated carbocycles. The number of amides is 1. The number of carbonyl (C=O) groups is 1. The van der Waals surface area contributed by atoms with Gasteiger partial charge in [0.2, 0.25) is 12.7 Å². The summed E-state index contributed by atoms with van der Waals surface area (Å²) in [5, 5.41) is 3.88. The zero-order valence-electron chi connectivity index (χ0n) is 20.4. The Bertz CT molecular complexity index is 1490. The fourth-order valence-electron chi connectivity index (χ4n) is 4.62. The maximum atomic E-state index is 12.8. The number of hydrogen-bond acceptors (Lipinski definition) is 5. The smallest absolute Gasteiger partial charge is 0.248 e. The third kappa shape index (κ3) is 4.12. The van der Waals surface area contributed by atoms with Crippen LogP contribution in [-0.4, -0.2) is 19.8 Å². The van der Waals surface area contributed by atoms with E-state index < -0.39 is 0 Å². The number of carbonyl (C=O) groups excluding carboxylic acids is 1. The first kappa shape index (κ1) is 22.6. The Morgan fingerprint density at radius 2 is 1.80 bits per heavy atom. The van der Waals surface area contributed by atoms with Crippen LogP contribution in [0.3, 0.4) is 0 Å². The molecule has 0 spiro atoms. The molecule has 0 aliphatic carbocycles. The van der Waals surface area contributed by atoms with E-state index in [1.807, 2.05) is 19.9 Å². The highest BCUT2D eigenvalue weighted by Crippen LogP contribution is 2.41. The highest BCUT2D eigenvalue weighted by molar-refractivity contribution is 6.06. The lowest BCUT2D eigenvalue weighted by atomic mass is 9.94. The van der Waals surface area contributed by atoms with Crippen LogP contribution >= 0.6 is 0 Å². The number of anilines is 1. The molecule has 1 aliphatic rings. The normalized spacial score (nSPS) is 12.8. The van der Waals surface area contributed by atoms with Gasteiger partial charge in [-0.15, -0.1) is 0 Å². The molecule has 1 aliphatic heterocycles. The molecule has 0 bridgehead atoms. The largest absolute Gasteiger partial charge is 0.496 e. The van der Waals surface area contributed by atoms with E-state index in [1.54, 1.807) is 37.6 Å². The molecule has 35 heavy (non-hydrogen) atoms. The second-order valence-electron chi connectivity index (χ2n) is 8.81. The summed E-state index contributed by atoms with van der Waals surface area (Å²) in [6.07, 6.45) is 3.37. The van der Waals surface area contributed by atoms with Crippen LogP contribution in [0.4, 0.5) is 5.69 Å². The van der Waals surface area contributed by atoms with Crippen molar-refractivity contribution in [3.05, 3.63) is 77.1 Å². The minimum Gasteiger partial charge on any atom is -0.496 e. The van der Waals surface area contributed by atoms with Crippen LogP contribution < -0.4 is 19.5 Å². The molecule has 3 aromatic carbocycles. The van der Waals surface area contributed by atoms with E-state index in [0.29, 0.717) is 22.9 Å². The number of methoxy groups -OCH3 is 1. The maximum absolute atomic E-state index is 12.8. The third-order valence-electron chi connectivity index (χ3n) is 6.33. The average molecular weight is 470 g/mol. The van der Waals surface area contributed by atoms with Gasteiger partial charge in [-0.25, -0.2) is 0 Å². The molecule has 0 unspecified atom stereocenters. The van der Waals surface area contributed by atoms with Crippen molar-refractivity contribution >= 4 is 28.1 Å². The number of benzene rings is 3. The molecule has 2 heterocycles. The van der Waals surface area contributed by atoms with Crippen LogP contribution in [0.1, 0.15) is 29.2 Å². The van der Waals surface area contributed by atoms with Gasteiger partial charge in [0.05, 0.1) is 13.4 Å². The highest BCUT2D eigenvalue weighted by Gasteiger charge is 2.20. The predicted molar refractivity (Wildman–Crippen MR) is 137 cm³/mol. The fourth-order valence-corrected chi connectivity index (χ4v) is 4.62. The molecule has 4 aromatic rings. The van der Waals surface area contributed by atoms with E-state index in [2.05, 4.69) is 37.4 Å². The van der Waals surface area contributed by atoms with Crippen LogP contribution in [0.15, 0.2) is 59.2 Å². The Kier molecular flexibility index (Phi) is 5.73. The topological polar surface area (TPSA) is 69.9 Å². The fraction of sp³-hybridized carbons (Fsp3) is 0.207. The van der Waals surface area contributed by atoms with Crippen LogP contribution in [0.25, 0.3) is 27.7 Å². The van der Waals surface area contributed by atoms with Crippen LogP contribution in [0.2, 0.25) is 0 Å². The van der Waals surface area contributed by atoms with Crippen molar-refractivity contribution in [1.29, 1.82) is 0 Å². The number of aryl methyl sites for hydroxylation is 3. The number of nitrogens with one attached hydrogen (secondary N) is 1. The van der Waals surface area contributed by atoms with Gasteiger partial charge >= 0.3 is 0 Å². The van der Waals surface area contributed by atoms with Crippen molar-refractivity contribution in [3.8, 4) is 28.4 Å². The van der Waals surface area contributed by atoms with Crippen LogP contribution in [0, 0.1) is 20.8 Å². The third-order valence-corrected chi connectivity index (χ3v) is 6.33. The molecule has 0 saturated heterocycles. The summed E-state index contributed by atoms with van der Waals surface area (Å²) >= 11 is 0. The summed E-state index contributed by atoms with van der Waals surface area (Å²) in [4.78, 5) is 12.8. The van der Waals surface area contributed by atoms with Gasteiger partial charge in [-0.05, 0) is 62.6 Å². The van der Waals surface area contributed by atoms with Crippen molar-refractivity contribution in [1.82, 2.24) is 0 Å². The number of fused-ring (bicyclic) bond motifs is 2. The molecule has 1 amide bonds. The number of hydrogen-bond donors (Lipinski definition) is 1. The summed E-state index contributed by atoms with van der Waals surface area (Å²) in [6, 6.07) is 13.7. The summed E-state index contributed by atoms with van der Waals surface area (Å²) in [6.45, 7) is 8.24. The van der Waals surface area contributed by atoms with E-state index in [0.717, 1.165) is 38.8 Å². The van der Waals surface area contributed by atoms with E-state index >= 15 is 0 Å². The van der Waals surface area contributed by atoms with Crippen molar-refractivity contribution in [2.75, 3.05) is 19.2 Å². The molecule has 1 N–H and O–H groups in total. The zero-order valence-corrected chi connectivity index (χ0v) is 20.4. The molecule has 6 heteroatoms. The molecule has 6 nitrogen and oxygen atoms in total. The number of allylic oxidation sites excluding steroid dienone is 1. The van der Waals surface area contributed by atoms with Crippen molar-refractivity contribution in [3.63, 3.8) is 0 Å². The van der Waals surface area contributed by atoms with Gasteiger partial charge in [-0.2, -0.15) is 0 Å². The SMILES string of the molecule is COc1c(/C(C)=C/C(=O)Nc2ccc3c(c2)OCO3)cc2c(-c3ccc(C)cc3C)coc2c1C. The molecule has 0 radical (unpaired) electrons. The van der Waals surface area contributed by atoms with Gasteiger partial charge < -0.3 is 23.9 Å². The van der Waals surface area contributed by atoms with Crippen LogP contribution in [-0.2, 0) is 4.79 Å². The van der Waals surface area contributed by atoms with E-state index in [9.17, 15) is 4.79 Å². The second-order valence-corrected chi connectivity index (χ2v) is 8.81. The summed E-state index contributed by atoms with van der Waals surface area (Å²) in [5.74, 6) is 1.72. The standard InChI is InChI=1S/C29H27NO5/c1-16-6-8-21(17(2)10-16)24-14-33-29-19(4)28(32-5)22(13-23(24)29)18(3)11-27(31)30-20-7-9-25-26(12-20)35-15-34-25/h6-14H,15H2,1-5H3,(H,30,31)/b18-11+. The average Bonchev–Trinajstić information content (AvgIpc) is 3.46. The van der Waals surface area contributed by atoms with Crippen molar-refractivity contribution in [2.45, 2.75) is 27.7 Å². The van der Waals surface area contributed by atoms with Crippen molar-refractivity contribution < 1.29 is 23.4 Å². The number of furan rings is 1. The van der Waals surface area contributed by atoms with Gasteiger partial charge in [-0.3, -0.25) is 4.79 Å². The second kappa shape index (κ2) is 8.87. The molecular weight excluding hydrogens is 442 g/mol. The Morgan fingerprint density at radius 3 is 2.57 bits per heavy atom. The summed E-state index contributed by atoms with van der Waals surface area (Å²) in [7, 11) is 1.63. The monoisotopic (exact) mass is 469 g/mol. The minimum absolute atomic E-state index is 0.186. The predicted octanol–water partition coefficient (Wildman–Crippen LogP) is 6.80. The Hall–Kier alpha value is -4.19. The molecule has 0 fully saturated rings. The summed E-state index contributed by atoms with van der Waals surface area (Å²) in [5.41, 5.74) is 8.44. The van der Waals surface area contributed by atoms with Crippen LogP contribution in [0.5, 0.6) is 17.2 Å². The molecule has 1 aromatic heterocycles. The lowest BCUT2D eigenvalue weighted by Crippen LogP contribution is -2.08. The molecule has 0 atom stereocenters. The van der Waals surface area contributed by atoms with Crippen molar-refractivity contribution in [2.24, 2.45) is 0 Å².